The van der Waals surface area contributed by atoms with E-state index in [2.05, 4.69) is 27.8 Å². The summed E-state index contributed by atoms with van der Waals surface area (Å²) in [5.41, 5.74) is 5.83. The maximum absolute atomic E-state index is 5.85. The predicted octanol–water partition coefficient (Wildman–Crippen LogP) is 3.64. The highest BCUT2D eigenvalue weighted by Crippen LogP contribution is 2.19. The quantitative estimate of drug-likeness (QED) is 0.350. The van der Waals surface area contributed by atoms with Gasteiger partial charge in [-0.2, -0.15) is 0 Å². The number of thiophene rings is 1. The summed E-state index contributed by atoms with van der Waals surface area (Å²) in [4.78, 5) is 6.86. The summed E-state index contributed by atoms with van der Waals surface area (Å²) < 4.78 is 0. The van der Waals surface area contributed by atoms with E-state index in [0.717, 1.165) is 30.3 Å². The molecule has 1 aromatic heterocycles. The normalized spacial score (nSPS) is 11.6. The van der Waals surface area contributed by atoms with Crippen molar-refractivity contribution in [3.05, 3.63) is 51.7 Å². The Morgan fingerprint density at radius 3 is 2.81 bits per heavy atom. The molecule has 21 heavy (non-hydrogen) atoms. The molecule has 0 fully saturated rings. The van der Waals surface area contributed by atoms with Gasteiger partial charge in [0.15, 0.2) is 5.96 Å². The van der Waals surface area contributed by atoms with Crippen molar-refractivity contribution >= 4 is 40.7 Å². The van der Waals surface area contributed by atoms with Gasteiger partial charge in [-0.3, -0.25) is 4.99 Å². The molecule has 0 saturated heterocycles. The van der Waals surface area contributed by atoms with Crippen LogP contribution in [0.4, 0.5) is 0 Å². The topological polar surface area (TPSA) is 50.4 Å². The molecule has 0 radical (unpaired) electrons. The van der Waals surface area contributed by atoms with Crippen LogP contribution in [-0.2, 0) is 6.42 Å². The smallest absolute Gasteiger partial charge is 0.188 e. The van der Waals surface area contributed by atoms with Gasteiger partial charge in [-0.1, -0.05) is 17.7 Å². The van der Waals surface area contributed by atoms with Crippen LogP contribution in [0.15, 0.2) is 51.7 Å². The van der Waals surface area contributed by atoms with Crippen LogP contribution in [-0.4, -0.2) is 24.8 Å². The molecule has 0 bridgehead atoms. The minimum atomic E-state index is 0.517. The minimum absolute atomic E-state index is 0.517. The van der Waals surface area contributed by atoms with Gasteiger partial charge in [0.25, 0.3) is 0 Å². The van der Waals surface area contributed by atoms with Crippen molar-refractivity contribution in [3.63, 3.8) is 0 Å². The molecule has 2 aromatic rings. The van der Waals surface area contributed by atoms with Gasteiger partial charge in [0, 0.05) is 40.1 Å². The minimum Gasteiger partial charge on any atom is -0.370 e. The molecule has 0 spiro atoms. The fraction of sp³-hybridized carbons (Fsp3) is 0.267. The van der Waals surface area contributed by atoms with Crippen LogP contribution in [0, 0.1) is 0 Å². The first-order valence-electron chi connectivity index (χ1n) is 6.68. The molecule has 3 nitrogen and oxygen atoms in total. The van der Waals surface area contributed by atoms with E-state index >= 15 is 0 Å². The van der Waals surface area contributed by atoms with E-state index in [-0.39, 0.29) is 0 Å². The molecule has 1 aromatic carbocycles. The lowest BCUT2D eigenvalue weighted by Crippen LogP contribution is -2.33. The van der Waals surface area contributed by atoms with Crippen LogP contribution in [0.3, 0.4) is 0 Å². The SMILES string of the molecule is NC(=NCCc1cccs1)NCCSc1ccc(Cl)cc1. The summed E-state index contributed by atoms with van der Waals surface area (Å²) in [5.74, 6) is 1.45. The number of nitrogens with two attached hydrogens (primary N) is 1. The Kier molecular flexibility index (Phi) is 6.92. The van der Waals surface area contributed by atoms with Gasteiger partial charge in [-0.15, -0.1) is 23.1 Å². The maximum atomic E-state index is 5.85. The molecule has 0 unspecified atom stereocenters. The Balaban J connectivity index is 1.60. The van der Waals surface area contributed by atoms with Crippen LogP contribution in [0.2, 0.25) is 5.02 Å². The van der Waals surface area contributed by atoms with Crippen molar-refractivity contribution in [2.45, 2.75) is 11.3 Å². The second-order valence-electron chi connectivity index (χ2n) is 4.33. The number of aliphatic imine (C=N–C) groups is 1. The number of nitrogens with zero attached hydrogens (tertiary/aromatic N) is 1. The highest BCUT2D eigenvalue weighted by molar-refractivity contribution is 7.99. The lowest BCUT2D eigenvalue weighted by atomic mass is 10.3. The van der Waals surface area contributed by atoms with Gasteiger partial charge in [0.2, 0.25) is 0 Å². The molecule has 0 aliphatic heterocycles. The molecule has 0 saturated carbocycles. The summed E-state index contributed by atoms with van der Waals surface area (Å²) in [6.45, 7) is 1.52. The molecule has 1 heterocycles. The molecule has 2 rings (SSSR count). The predicted molar refractivity (Wildman–Crippen MR) is 94.7 cm³/mol. The standard InChI is InChI=1S/C15H18ClN3S2/c16-12-3-5-14(6-4-12)21-11-9-19-15(17)18-8-7-13-2-1-10-20-13/h1-6,10H,7-9,11H2,(H3,17,18,19). The lowest BCUT2D eigenvalue weighted by molar-refractivity contribution is 0.917. The Hall–Kier alpha value is -1.17. The van der Waals surface area contributed by atoms with Crippen LogP contribution >= 0.6 is 34.7 Å². The van der Waals surface area contributed by atoms with E-state index in [1.54, 1.807) is 23.1 Å². The van der Waals surface area contributed by atoms with Crippen molar-refractivity contribution in [2.24, 2.45) is 10.7 Å². The van der Waals surface area contributed by atoms with E-state index in [0.29, 0.717) is 5.96 Å². The average molecular weight is 340 g/mol. The van der Waals surface area contributed by atoms with E-state index in [9.17, 15) is 0 Å². The molecule has 112 valence electrons. The van der Waals surface area contributed by atoms with Crippen molar-refractivity contribution in [1.82, 2.24) is 5.32 Å². The monoisotopic (exact) mass is 339 g/mol. The lowest BCUT2D eigenvalue weighted by Gasteiger charge is -2.05. The van der Waals surface area contributed by atoms with Gasteiger partial charge in [0.1, 0.15) is 0 Å². The first kappa shape index (κ1) is 16.2. The average Bonchev–Trinajstić information content (AvgIpc) is 2.99. The largest absolute Gasteiger partial charge is 0.370 e. The molecule has 6 heteroatoms. The van der Waals surface area contributed by atoms with E-state index in [1.165, 1.54) is 9.77 Å². The number of hydrogen-bond donors (Lipinski definition) is 2. The maximum Gasteiger partial charge on any atom is 0.188 e. The van der Waals surface area contributed by atoms with Crippen LogP contribution in [0.25, 0.3) is 0 Å². The Morgan fingerprint density at radius 2 is 2.10 bits per heavy atom. The van der Waals surface area contributed by atoms with Crippen LogP contribution in [0.5, 0.6) is 0 Å². The zero-order valence-corrected chi connectivity index (χ0v) is 14.0. The highest BCUT2D eigenvalue weighted by atomic mass is 35.5. The summed E-state index contributed by atoms with van der Waals surface area (Å²) >= 11 is 9.36. The van der Waals surface area contributed by atoms with Crippen molar-refractivity contribution < 1.29 is 0 Å². The van der Waals surface area contributed by atoms with Gasteiger partial charge >= 0.3 is 0 Å². The molecule has 0 aliphatic rings. The van der Waals surface area contributed by atoms with Gasteiger partial charge < -0.3 is 11.1 Å². The van der Waals surface area contributed by atoms with Gasteiger partial charge in [-0.25, -0.2) is 0 Å². The third-order valence-electron chi connectivity index (χ3n) is 2.71. The fourth-order valence-corrected chi connectivity index (χ4v) is 3.27. The number of hydrogen-bond acceptors (Lipinski definition) is 3. The molecular formula is C15H18ClN3S2. The molecule has 0 aliphatic carbocycles. The van der Waals surface area contributed by atoms with E-state index in [4.69, 9.17) is 17.3 Å². The van der Waals surface area contributed by atoms with Crippen LogP contribution in [0.1, 0.15) is 4.88 Å². The summed E-state index contributed by atoms with van der Waals surface area (Å²) in [6, 6.07) is 12.0. The Labute approximate surface area is 138 Å². The van der Waals surface area contributed by atoms with Crippen molar-refractivity contribution in [1.29, 1.82) is 0 Å². The fourth-order valence-electron chi connectivity index (χ4n) is 1.68. The number of guanidine groups is 1. The second kappa shape index (κ2) is 8.97. The molecule has 0 atom stereocenters. The van der Waals surface area contributed by atoms with Crippen molar-refractivity contribution in [2.75, 3.05) is 18.8 Å². The molecular weight excluding hydrogens is 322 g/mol. The van der Waals surface area contributed by atoms with Gasteiger partial charge in [-0.05, 0) is 35.7 Å². The number of halogens is 1. The number of nitrogens with one attached hydrogen (secondary N) is 1. The molecule has 3 N–H and O–H groups in total. The first-order valence-corrected chi connectivity index (χ1v) is 8.93. The zero-order chi connectivity index (χ0) is 14.9. The highest BCUT2D eigenvalue weighted by Gasteiger charge is 1.96. The van der Waals surface area contributed by atoms with Gasteiger partial charge in [0.05, 0.1) is 0 Å². The van der Waals surface area contributed by atoms with Crippen molar-refractivity contribution in [3.8, 4) is 0 Å². The first-order chi connectivity index (χ1) is 10.2. The number of benzene rings is 1. The summed E-state index contributed by atoms with van der Waals surface area (Å²) in [6.07, 6.45) is 0.944. The zero-order valence-electron chi connectivity index (χ0n) is 11.6. The Bertz CT molecular complexity index is 553. The van der Waals surface area contributed by atoms with E-state index in [1.807, 2.05) is 24.3 Å². The van der Waals surface area contributed by atoms with E-state index < -0.39 is 0 Å². The number of rotatable bonds is 7. The van der Waals surface area contributed by atoms with Crippen LogP contribution < -0.4 is 11.1 Å². The summed E-state index contributed by atoms with van der Waals surface area (Å²) in [5, 5.41) is 5.97. The molecule has 0 amide bonds. The number of thioether (sulfide) groups is 1. The summed E-state index contributed by atoms with van der Waals surface area (Å²) in [7, 11) is 0. The third-order valence-corrected chi connectivity index (χ3v) is 4.91. The Morgan fingerprint density at radius 1 is 1.29 bits per heavy atom. The second-order valence-corrected chi connectivity index (χ2v) is 6.96. The third kappa shape index (κ3) is 6.42.